The molecule has 4 rings (SSSR count). The van der Waals surface area contributed by atoms with E-state index in [0.29, 0.717) is 22.1 Å². The molecule has 3 aromatic carbocycles. The van der Waals surface area contributed by atoms with Gasteiger partial charge in [-0.3, -0.25) is 14.6 Å². The quantitative estimate of drug-likeness (QED) is 0.288. The molecule has 0 aliphatic carbocycles. The molecule has 1 aromatic heterocycles. The molecule has 0 saturated carbocycles. The second kappa shape index (κ2) is 13.3. The third-order valence-corrected chi connectivity index (χ3v) is 6.20. The van der Waals surface area contributed by atoms with Crippen LogP contribution in [-0.2, 0) is 22.7 Å². The molecule has 2 amide bonds. The minimum absolute atomic E-state index is 0.175. The molecule has 0 saturated heterocycles. The molecule has 38 heavy (non-hydrogen) atoms. The lowest BCUT2D eigenvalue weighted by Crippen LogP contribution is -2.45. The summed E-state index contributed by atoms with van der Waals surface area (Å²) in [6.45, 7) is 0.157. The largest absolute Gasteiger partial charge is 0.497 e. The summed E-state index contributed by atoms with van der Waals surface area (Å²) >= 11 is 6.22. The van der Waals surface area contributed by atoms with Gasteiger partial charge in [0.15, 0.2) is 6.61 Å². The van der Waals surface area contributed by atoms with Crippen LogP contribution in [0.15, 0.2) is 103 Å². The topological polar surface area (TPSA) is 80.8 Å². The summed E-state index contributed by atoms with van der Waals surface area (Å²) in [6.07, 6.45) is 3.36. The SMILES string of the molecule is COc1ccc(CN(C(=O)COc2ccccc2Cl)[C@H](C(=O)NCc2cccnc2)c2ccccc2)cc1. The number of para-hydroxylation sites is 1. The van der Waals surface area contributed by atoms with Gasteiger partial charge in [-0.25, -0.2) is 0 Å². The van der Waals surface area contributed by atoms with Gasteiger partial charge in [-0.15, -0.1) is 0 Å². The molecule has 0 aliphatic heterocycles. The number of nitrogens with one attached hydrogen (secondary N) is 1. The Kier molecular flexibility index (Phi) is 9.32. The van der Waals surface area contributed by atoms with Crippen molar-refractivity contribution < 1.29 is 19.1 Å². The molecule has 1 N–H and O–H groups in total. The number of methoxy groups -OCH3 is 1. The highest BCUT2D eigenvalue weighted by Gasteiger charge is 2.32. The van der Waals surface area contributed by atoms with E-state index in [1.54, 1.807) is 43.8 Å². The van der Waals surface area contributed by atoms with Crippen LogP contribution in [0.2, 0.25) is 5.02 Å². The molecule has 0 bridgehead atoms. The lowest BCUT2D eigenvalue weighted by atomic mass is 10.0. The lowest BCUT2D eigenvalue weighted by molar-refractivity contribution is -0.143. The van der Waals surface area contributed by atoms with E-state index in [4.69, 9.17) is 21.1 Å². The molecular weight excluding hydrogens is 502 g/mol. The summed E-state index contributed by atoms with van der Waals surface area (Å²) in [5.74, 6) is 0.400. The van der Waals surface area contributed by atoms with Crippen molar-refractivity contribution in [3.8, 4) is 11.5 Å². The van der Waals surface area contributed by atoms with Crippen LogP contribution in [0.1, 0.15) is 22.7 Å². The summed E-state index contributed by atoms with van der Waals surface area (Å²) in [5.41, 5.74) is 2.36. The number of carbonyl (C=O) groups is 2. The maximum atomic E-state index is 13.7. The van der Waals surface area contributed by atoms with Crippen LogP contribution in [0.25, 0.3) is 0 Å². The van der Waals surface area contributed by atoms with E-state index in [-0.39, 0.29) is 31.5 Å². The fraction of sp³-hybridized carbons (Fsp3) is 0.167. The van der Waals surface area contributed by atoms with Crippen molar-refractivity contribution in [3.63, 3.8) is 0 Å². The average molecular weight is 530 g/mol. The zero-order chi connectivity index (χ0) is 26.7. The molecule has 1 atom stereocenters. The van der Waals surface area contributed by atoms with Crippen LogP contribution in [0, 0.1) is 0 Å². The second-order valence-corrected chi connectivity index (χ2v) is 8.89. The first kappa shape index (κ1) is 26.7. The van der Waals surface area contributed by atoms with Gasteiger partial charge < -0.3 is 19.7 Å². The van der Waals surface area contributed by atoms with Crippen LogP contribution < -0.4 is 14.8 Å². The first-order chi connectivity index (χ1) is 18.5. The summed E-state index contributed by atoms with van der Waals surface area (Å²) in [7, 11) is 1.59. The van der Waals surface area contributed by atoms with E-state index in [1.165, 1.54) is 4.90 Å². The van der Waals surface area contributed by atoms with Gasteiger partial charge in [0.05, 0.1) is 12.1 Å². The fourth-order valence-electron chi connectivity index (χ4n) is 3.93. The zero-order valence-electron chi connectivity index (χ0n) is 20.9. The normalized spacial score (nSPS) is 11.3. The van der Waals surface area contributed by atoms with Gasteiger partial charge in [0.2, 0.25) is 5.91 Å². The third kappa shape index (κ3) is 7.11. The highest BCUT2D eigenvalue weighted by Crippen LogP contribution is 2.27. The average Bonchev–Trinajstić information content (AvgIpc) is 2.96. The van der Waals surface area contributed by atoms with Crippen molar-refractivity contribution in [3.05, 3.63) is 125 Å². The predicted molar refractivity (Wildman–Crippen MR) is 146 cm³/mol. The monoisotopic (exact) mass is 529 g/mol. The Bertz CT molecular complexity index is 1330. The summed E-state index contributed by atoms with van der Waals surface area (Å²) < 4.78 is 11.0. The minimum atomic E-state index is -0.905. The van der Waals surface area contributed by atoms with Gasteiger partial charge in [-0.2, -0.15) is 0 Å². The molecule has 4 aromatic rings. The molecule has 194 valence electrons. The Balaban J connectivity index is 1.64. The second-order valence-electron chi connectivity index (χ2n) is 8.48. The Hall–Kier alpha value is -4.36. The maximum Gasteiger partial charge on any atom is 0.261 e. The third-order valence-electron chi connectivity index (χ3n) is 5.88. The first-order valence-electron chi connectivity index (χ1n) is 12.1. The molecule has 0 aliphatic rings. The highest BCUT2D eigenvalue weighted by molar-refractivity contribution is 6.32. The van der Waals surface area contributed by atoms with Crippen molar-refractivity contribution in [2.45, 2.75) is 19.1 Å². The van der Waals surface area contributed by atoms with E-state index >= 15 is 0 Å². The number of halogens is 1. The summed E-state index contributed by atoms with van der Waals surface area (Å²) in [6, 6.07) is 26.3. The summed E-state index contributed by atoms with van der Waals surface area (Å²) in [5, 5.41) is 3.36. The number of nitrogens with zero attached hydrogens (tertiary/aromatic N) is 2. The standard InChI is InChI=1S/C30H28ClN3O4/c1-37-25-15-13-22(14-16-25)20-34(28(35)21-38-27-12-6-5-11-26(27)31)29(24-9-3-2-4-10-24)30(36)33-19-23-8-7-17-32-18-23/h2-18,29H,19-21H2,1H3,(H,33,36)/t29-/m0/s1. The van der Waals surface area contributed by atoms with Gasteiger partial charge >= 0.3 is 0 Å². The van der Waals surface area contributed by atoms with E-state index in [2.05, 4.69) is 10.3 Å². The molecule has 0 radical (unpaired) electrons. The number of carbonyl (C=O) groups excluding carboxylic acids is 2. The van der Waals surface area contributed by atoms with E-state index < -0.39 is 6.04 Å². The van der Waals surface area contributed by atoms with Gasteiger partial charge in [-0.1, -0.05) is 72.3 Å². The molecular formula is C30H28ClN3O4. The lowest BCUT2D eigenvalue weighted by Gasteiger charge is -2.31. The number of rotatable bonds is 11. The molecule has 7 nitrogen and oxygen atoms in total. The number of ether oxygens (including phenoxy) is 2. The molecule has 0 unspecified atom stereocenters. The Morgan fingerprint density at radius 3 is 2.34 bits per heavy atom. The highest BCUT2D eigenvalue weighted by atomic mass is 35.5. The van der Waals surface area contributed by atoms with Gasteiger partial charge in [-0.05, 0) is 47.0 Å². The van der Waals surface area contributed by atoms with E-state index in [0.717, 1.165) is 11.1 Å². The molecule has 1 heterocycles. The number of pyridine rings is 1. The number of hydrogen-bond donors (Lipinski definition) is 1. The smallest absolute Gasteiger partial charge is 0.261 e. The Morgan fingerprint density at radius 2 is 1.66 bits per heavy atom. The minimum Gasteiger partial charge on any atom is -0.497 e. The van der Waals surface area contributed by atoms with Crippen LogP contribution in [0.4, 0.5) is 0 Å². The van der Waals surface area contributed by atoms with Crippen molar-refractivity contribution >= 4 is 23.4 Å². The fourth-order valence-corrected chi connectivity index (χ4v) is 4.12. The van der Waals surface area contributed by atoms with E-state index in [1.807, 2.05) is 66.7 Å². The molecule has 8 heteroatoms. The Morgan fingerprint density at radius 1 is 0.921 bits per heavy atom. The van der Waals surface area contributed by atoms with E-state index in [9.17, 15) is 9.59 Å². The van der Waals surface area contributed by atoms with Crippen molar-refractivity contribution in [2.75, 3.05) is 13.7 Å². The zero-order valence-corrected chi connectivity index (χ0v) is 21.7. The van der Waals surface area contributed by atoms with Crippen molar-refractivity contribution in [2.24, 2.45) is 0 Å². The molecule has 0 spiro atoms. The van der Waals surface area contributed by atoms with Crippen LogP contribution in [-0.4, -0.2) is 35.4 Å². The van der Waals surface area contributed by atoms with Crippen LogP contribution in [0.5, 0.6) is 11.5 Å². The first-order valence-corrected chi connectivity index (χ1v) is 12.4. The van der Waals surface area contributed by atoms with Crippen LogP contribution >= 0.6 is 11.6 Å². The van der Waals surface area contributed by atoms with Crippen molar-refractivity contribution in [1.29, 1.82) is 0 Å². The number of hydrogen-bond acceptors (Lipinski definition) is 5. The van der Waals surface area contributed by atoms with Gasteiger partial charge in [0.1, 0.15) is 17.5 Å². The van der Waals surface area contributed by atoms with Gasteiger partial charge in [0.25, 0.3) is 5.91 Å². The summed E-state index contributed by atoms with van der Waals surface area (Å²) in [4.78, 5) is 33.0. The maximum absolute atomic E-state index is 13.7. The number of benzene rings is 3. The number of aromatic nitrogens is 1. The predicted octanol–water partition coefficient (Wildman–Crippen LogP) is 5.21. The van der Waals surface area contributed by atoms with Crippen LogP contribution in [0.3, 0.4) is 0 Å². The molecule has 0 fully saturated rings. The number of amides is 2. The van der Waals surface area contributed by atoms with Gasteiger partial charge in [0, 0.05) is 25.5 Å². The Labute approximate surface area is 227 Å². The van der Waals surface area contributed by atoms with Crippen molar-refractivity contribution in [1.82, 2.24) is 15.2 Å².